The molecule has 9 heteroatoms. The molecule has 0 unspecified atom stereocenters. The molecule has 1 aliphatic heterocycles. The number of rotatable bonds is 4. The maximum absolute atomic E-state index is 12.9. The van der Waals surface area contributed by atoms with Gasteiger partial charge >= 0.3 is 0 Å². The summed E-state index contributed by atoms with van der Waals surface area (Å²) >= 11 is 9.44. The SMILES string of the molecule is CC(C)(C)c1cnc(CN2CCN(S(=O)(=O)c3ccc(Br)cc3Cl)CC2)o1. The summed E-state index contributed by atoms with van der Waals surface area (Å²) in [6.45, 7) is 8.84. The summed E-state index contributed by atoms with van der Waals surface area (Å²) in [6.07, 6.45) is 1.77. The van der Waals surface area contributed by atoms with Crippen molar-refractivity contribution in [3.05, 3.63) is 45.5 Å². The van der Waals surface area contributed by atoms with Gasteiger partial charge in [-0.05, 0) is 18.2 Å². The number of aromatic nitrogens is 1. The van der Waals surface area contributed by atoms with Gasteiger partial charge < -0.3 is 4.42 Å². The van der Waals surface area contributed by atoms with Crippen LogP contribution in [0.15, 0.2) is 38.2 Å². The van der Waals surface area contributed by atoms with Crippen LogP contribution in [0.25, 0.3) is 0 Å². The largest absolute Gasteiger partial charge is 0.444 e. The molecular weight excluding hydrogens is 454 g/mol. The van der Waals surface area contributed by atoms with Gasteiger partial charge in [-0.25, -0.2) is 13.4 Å². The van der Waals surface area contributed by atoms with Crippen LogP contribution in [-0.2, 0) is 22.0 Å². The molecule has 1 fully saturated rings. The summed E-state index contributed by atoms with van der Waals surface area (Å²) < 4.78 is 33.8. The predicted octanol–water partition coefficient (Wildman–Crippen LogP) is 3.89. The van der Waals surface area contributed by atoms with Crippen molar-refractivity contribution in [3.8, 4) is 0 Å². The zero-order valence-corrected chi connectivity index (χ0v) is 18.7. The van der Waals surface area contributed by atoms with Crippen molar-refractivity contribution >= 4 is 37.6 Å². The Labute approximate surface area is 173 Å². The van der Waals surface area contributed by atoms with Crippen molar-refractivity contribution < 1.29 is 12.8 Å². The zero-order chi connectivity index (χ0) is 19.8. The molecule has 0 bridgehead atoms. The molecule has 0 radical (unpaired) electrons. The highest BCUT2D eigenvalue weighted by Crippen LogP contribution is 2.28. The molecule has 2 aromatic rings. The van der Waals surface area contributed by atoms with Gasteiger partial charge in [0, 0.05) is 36.1 Å². The Kier molecular flexibility index (Phi) is 6.03. The van der Waals surface area contributed by atoms with E-state index in [-0.39, 0.29) is 15.3 Å². The van der Waals surface area contributed by atoms with Crippen LogP contribution in [0.2, 0.25) is 5.02 Å². The lowest BCUT2D eigenvalue weighted by atomic mass is 9.94. The number of sulfonamides is 1. The first-order chi connectivity index (χ1) is 12.6. The summed E-state index contributed by atoms with van der Waals surface area (Å²) in [5, 5.41) is 0.223. The summed E-state index contributed by atoms with van der Waals surface area (Å²) in [4.78, 5) is 6.64. The first-order valence-corrected chi connectivity index (χ1v) is 11.3. The molecular formula is C18H23BrClN3O3S. The lowest BCUT2D eigenvalue weighted by Gasteiger charge is -2.33. The first kappa shape index (κ1) is 20.8. The summed E-state index contributed by atoms with van der Waals surface area (Å²) in [7, 11) is -3.61. The molecule has 2 heterocycles. The van der Waals surface area contributed by atoms with Crippen LogP contribution < -0.4 is 0 Å². The monoisotopic (exact) mass is 475 g/mol. The van der Waals surface area contributed by atoms with Crippen molar-refractivity contribution in [2.45, 2.75) is 37.6 Å². The van der Waals surface area contributed by atoms with Gasteiger partial charge in [0.2, 0.25) is 15.9 Å². The van der Waals surface area contributed by atoms with Crippen LogP contribution in [-0.4, -0.2) is 48.8 Å². The second-order valence-corrected chi connectivity index (χ2v) is 10.9. The Morgan fingerprint density at radius 3 is 2.44 bits per heavy atom. The second kappa shape index (κ2) is 7.83. The van der Waals surface area contributed by atoms with E-state index in [0.717, 1.165) is 10.2 Å². The molecule has 0 atom stereocenters. The normalized spacial score (nSPS) is 17.4. The van der Waals surface area contributed by atoms with Crippen molar-refractivity contribution in [3.63, 3.8) is 0 Å². The van der Waals surface area contributed by atoms with Crippen LogP contribution in [0.1, 0.15) is 32.4 Å². The van der Waals surface area contributed by atoms with Gasteiger partial charge in [-0.2, -0.15) is 4.31 Å². The molecule has 0 spiro atoms. The van der Waals surface area contributed by atoms with E-state index in [1.54, 1.807) is 18.3 Å². The highest BCUT2D eigenvalue weighted by atomic mass is 79.9. The van der Waals surface area contributed by atoms with Crippen LogP contribution in [0.4, 0.5) is 0 Å². The van der Waals surface area contributed by atoms with Crippen molar-refractivity contribution in [1.29, 1.82) is 0 Å². The molecule has 0 N–H and O–H groups in total. The number of nitrogens with zero attached hydrogens (tertiary/aromatic N) is 3. The minimum absolute atomic E-state index is 0.0814. The van der Waals surface area contributed by atoms with Crippen LogP contribution in [0, 0.1) is 0 Å². The summed E-state index contributed by atoms with van der Waals surface area (Å²) in [5.41, 5.74) is -0.0814. The van der Waals surface area contributed by atoms with Gasteiger partial charge in [0.05, 0.1) is 17.8 Å². The van der Waals surface area contributed by atoms with Crippen molar-refractivity contribution in [2.75, 3.05) is 26.2 Å². The molecule has 6 nitrogen and oxygen atoms in total. The number of hydrogen-bond acceptors (Lipinski definition) is 5. The molecule has 0 aliphatic carbocycles. The van der Waals surface area contributed by atoms with E-state index in [1.807, 2.05) is 0 Å². The van der Waals surface area contributed by atoms with Gasteiger partial charge in [-0.3, -0.25) is 4.90 Å². The van der Waals surface area contributed by atoms with Gasteiger partial charge in [0.25, 0.3) is 0 Å². The third-order valence-corrected chi connectivity index (χ3v) is 7.37. The molecule has 1 aromatic heterocycles. The fourth-order valence-electron chi connectivity index (χ4n) is 2.87. The topological polar surface area (TPSA) is 66.7 Å². The van der Waals surface area contributed by atoms with E-state index in [1.165, 1.54) is 10.4 Å². The minimum atomic E-state index is -3.61. The van der Waals surface area contributed by atoms with Gasteiger partial charge in [0.15, 0.2) is 0 Å². The van der Waals surface area contributed by atoms with E-state index in [9.17, 15) is 8.42 Å². The predicted molar refractivity (Wildman–Crippen MR) is 108 cm³/mol. The van der Waals surface area contributed by atoms with Crippen LogP contribution in [0.5, 0.6) is 0 Å². The molecule has 148 valence electrons. The van der Waals surface area contributed by atoms with Crippen LogP contribution in [0.3, 0.4) is 0 Å². The highest BCUT2D eigenvalue weighted by molar-refractivity contribution is 9.10. The second-order valence-electron chi connectivity index (χ2n) is 7.62. The molecule has 3 rings (SSSR count). The van der Waals surface area contributed by atoms with E-state index in [4.69, 9.17) is 16.0 Å². The first-order valence-electron chi connectivity index (χ1n) is 8.70. The third-order valence-electron chi connectivity index (χ3n) is 4.49. The lowest BCUT2D eigenvalue weighted by Crippen LogP contribution is -2.48. The Morgan fingerprint density at radius 1 is 1.22 bits per heavy atom. The van der Waals surface area contributed by atoms with Crippen LogP contribution >= 0.6 is 27.5 Å². The Balaban J connectivity index is 1.64. The average Bonchev–Trinajstić information content (AvgIpc) is 3.04. The highest BCUT2D eigenvalue weighted by Gasteiger charge is 2.30. The maximum Gasteiger partial charge on any atom is 0.244 e. The lowest BCUT2D eigenvalue weighted by molar-refractivity contribution is 0.166. The van der Waals surface area contributed by atoms with Crippen molar-refractivity contribution in [2.24, 2.45) is 0 Å². The average molecular weight is 477 g/mol. The third kappa shape index (κ3) is 4.74. The quantitative estimate of drug-likeness (QED) is 0.670. The van der Waals surface area contributed by atoms with Gasteiger partial charge in [0.1, 0.15) is 10.7 Å². The molecule has 1 aromatic carbocycles. The number of oxazole rings is 1. The number of piperazine rings is 1. The van der Waals surface area contributed by atoms with E-state index in [0.29, 0.717) is 38.6 Å². The summed E-state index contributed by atoms with van der Waals surface area (Å²) in [5.74, 6) is 1.51. The smallest absolute Gasteiger partial charge is 0.244 e. The van der Waals surface area contributed by atoms with Gasteiger partial charge in [-0.15, -0.1) is 0 Å². The Hall–Kier alpha value is -0.930. The van der Waals surface area contributed by atoms with E-state index < -0.39 is 10.0 Å². The molecule has 27 heavy (non-hydrogen) atoms. The summed E-state index contributed by atoms with van der Waals surface area (Å²) in [6, 6.07) is 4.82. The fourth-order valence-corrected chi connectivity index (χ4v) is 5.31. The minimum Gasteiger partial charge on any atom is -0.444 e. The standard InChI is InChI=1S/C18H23BrClN3O3S/c1-18(2,3)16-11-21-17(26-16)12-22-6-8-23(9-7-22)27(24,25)15-5-4-13(19)10-14(15)20/h4-5,10-11H,6-9,12H2,1-3H3. The zero-order valence-electron chi connectivity index (χ0n) is 15.6. The maximum atomic E-state index is 12.9. The molecule has 0 amide bonds. The number of halogens is 2. The molecule has 0 saturated carbocycles. The number of hydrogen-bond donors (Lipinski definition) is 0. The number of benzene rings is 1. The van der Waals surface area contributed by atoms with Gasteiger partial charge in [-0.1, -0.05) is 48.3 Å². The Bertz CT molecular complexity index is 916. The molecule has 1 aliphatic rings. The molecule has 1 saturated heterocycles. The van der Waals surface area contributed by atoms with E-state index >= 15 is 0 Å². The van der Waals surface area contributed by atoms with E-state index in [2.05, 4.69) is 46.6 Å². The fraction of sp³-hybridized carbons (Fsp3) is 0.500. The van der Waals surface area contributed by atoms with Crippen molar-refractivity contribution in [1.82, 2.24) is 14.2 Å². The Morgan fingerprint density at radius 2 is 1.89 bits per heavy atom.